The molecule has 1 aromatic heterocycles. The molecule has 4 heteroatoms. The number of benzene rings is 1. The van der Waals surface area contributed by atoms with E-state index in [0.717, 1.165) is 10.0 Å². The van der Waals surface area contributed by atoms with E-state index in [-0.39, 0.29) is 5.88 Å². The molecule has 3 nitrogen and oxygen atoms in total. The first-order chi connectivity index (χ1) is 6.66. The maximum absolute atomic E-state index is 9.32. The van der Waals surface area contributed by atoms with Gasteiger partial charge >= 0.3 is 0 Å². The average molecular weight is 253 g/mol. The molecule has 0 saturated carbocycles. The number of nitrogens with one attached hydrogen (secondary N) is 1. The van der Waals surface area contributed by atoms with Crippen LogP contribution in [0.15, 0.2) is 28.7 Å². The molecule has 2 N–H and O–H groups in total. The summed E-state index contributed by atoms with van der Waals surface area (Å²) in [4.78, 5) is 7.01. The first kappa shape index (κ1) is 9.27. The van der Waals surface area contributed by atoms with Gasteiger partial charge in [0.2, 0.25) is 5.88 Å². The minimum atomic E-state index is 0.0555. The van der Waals surface area contributed by atoms with Gasteiger partial charge in [-0.2, -0.15) is 4.98 Å². The fourth-order valence-electron chi connectivity index (χ4n) is 1.22. The number of aromatic nitrogens is 2. The van der Waals surface area contributed by atoms with Gasteiger partial charge in [0.15, 0.2) is 0 Å². The van der Waals surface area contributed by atoms with Crippen LogP contribution < -0.4 is 0 Å². The lowest BCUT2D eigenvalue weighted by molar-refractivity contribution is 0.452. The molecule has 0 unspecified atom stereocenters. The van der Waals surface area contributed by atoms with Gasteiger partial charge in [-0.25, -0.2) is 0 Å². The number of hydrogen-bond acceptors (Lipinski definition) is 2. The van der Waals surface area contributed by atoms with Gasteiger partial charge in [0.05, 0.1) is 5.69 Å². The van der Waals surface area contributed by atoms with Crippen LogP contribution in [0.3, 0.4) is 0 Å². The summed E-state index contributed by atoms with van der Waals surface area (Å²) in [5.41, 5.74) is 1.63. The Morgan fingerprint density at radius 1 is 1.43 bits per heavy atom. The van der Waals surface area contributed by atoms with Gasteiger partial charge in [-0.3, -0.25) is 0 Å². The Morgan fingerprint density at radius 3 is 2.79 bits per heavy atom. The summed E-state index contributed by atoms with van der Waals surface area (Å²) < 4.78 is 0.989. The highest BCUT2D eigenvalue weighted by Crippen LogP contribution is 2.23. The second-order valence-electron chi connectivity index (χ2n) is 3.04. The van der Waals surface area contributed by atoms with Crippen LogP contribution in [0.25, 0.3) is 11.4 Å². The van der Waals surface area contributed by atoms with Gasteiger partial charge in [0, 0.05) is 10.0 Å². The van der Waals surface area contributed by atoms with Crippen molar-refractivity contribution in [3.05, 3.63) is 34.4 Å². The van der Waals surface area contributed by atoms with Crippen LogP contribution in [0.5, 0.6) is 5.88 Å². The molecule has 0 bridgehead atoms. The van der Waals surface area contributed by atoms with Crippen molar-refractivity contribution in [3.63, 3.8) is 0 Å². The Morgan fingerprint density at radius 2 is 2.21 bits per heavy atom. The van der Waals surface area contributed by atoms with Gasteiger partial charge in [0.25, 0.3) is 0 Å². The van der Waals surface area contributed by atoms with E-state index in [9.17, 15) is 5.11 Å². The van der Waals surface area contributed by atoms with Gasteiger partial charge in [-0.1, -0.05) is 28.1 Å². The van der Waals surface area contributed by atoms with Crippen LogP contribution in [0.2, 0.25) is 0 Å². The topological polar surface area (TPSA) is 48.9 Å². The van der Waals surface area contributed by atoms with Crippen molar-refractivity contribution in [2.75, 3.05) is 0 Å². The summed E-state index contributed by atoms with van der Waals surface area (Å²) in [6, 6.07) is 7.74. The standard InChI is InChI=1S/C10H9BrN2O/c1-6-10(14)13-9(12-6)7-3-2-4-8(11)5-7/h2-5,14H,1H3,(H,12,13). The Hall–Kier alpha value is -1.29. The van der Waals surface area contributed by atoms with Crippen LogP contribution in [0, 0.1) is 6.92 Å². The minimum Gasteiger partial charge on any atom is -0.492 e. The molecule has 72 valence electrons. The number of aryl methyl sites for hydroxylation is 1. The molecular weight excluding hydrogens is 244 g/mol. The quantitative estimate of drug-likeness (QED) is 0.820. The molecule has 0 fully saturated rings. The van der Waals surface area contributed by atoms with Crippen molar-refractivity contribution in [2.45, 2.75) is 6.92 Å². The van der Waals surface area contributed by atoms with Crippen LogP contribution in [0.4, 0.5) is 0 Å². The molecule has 1 aromatic carbocycles. The van der Waals surface area contributed by atoms with Crippen molar-refractivity contribution >= 4 is 15.9 Å². The van der Waals surface area contributed by atoms with Crippen LogP contribution in [-0.2, 0) is 0 Å². The Kier molecular flexibility index (Phi) is 2.29. The first-order valence-electron chi connectivity index (χ1n) is 4.18. The number of halogens is 1. The summed E-state index contributed by atoms with van der Waals surface area (Å²) in [5, 5.41) is 9.32. The normalized spacial score (nSPS) is 10.4. The zero-order valence-electron chi connectivity index (χ0n) is 7.58. The highest BCUT2D eigenvalue weighted by molar-refractivity contribution is 9.10. The Labute approximate surface area is 89.9 Å². The van der Waals surface area contributed by atoms with Gasteiger partial charge in [-0.05, 0) is 19.1 Å². The lowest BCUT2D eigenvalue weighted by atomic mass is 10.2. The highest BCUT2D eigenvalue weighted by Gasteiger charge is 2.06. The first-order valence-corrected chi connectivity index (χ1v) is 4.97. The largest absolute Gasteiger partial charge is 0.492 e. The molecule has 0 aliphatic carbocycles. The third-order valence-electron chi connectivity index (χ3n) is 1.96. The second-order valence-corrected chi connectivity index (χ2v) is 3.96. The summed E-state index contributed by atoms with van der Waals surface area (Å²) in [7, 11) is 0. The van der Waals surface area contributed by atoms with Crippen molar-refractivity contribution in [3.8, 4) is 17.3 Å². The number of hydrogen-bond donors (Lipinski definition) is 2. The molecule has 14 heavy (non-hydrogen) atoms. The van der Waals surface area contributed by atoms with E-state index in [1.54, 1.807) is 6.92 Å². The lowest BCUT2D eigenvalue weighted by Crippen LogP contribution is -1.79. The number of nitrogens with zero attached hydrogens (tertiary/aromatic N) is 1. The number of aromatic amines is 1. The fraction of sp³-hybridized carbons (Fsp3) is 0.100. The van der Waals surface area contributed by atoms with Crippen molar-refractivity contribution in [1.29, 1.82) is 0 Å². The van der Waals surface area contributed by atoms with Crippen molar-refractivity contribution in [2.24, 2.45) is 0 Å². The van der Waals surface area contributed by atoms with E-state index in [0.29, 0.717) is 11.5 Å². The summed E-state index contributed by atoms with van der Waals surface area (Å²) in [5.74, 6) is 0.737. The second kappa shape index (κ2) is 3.46. The molecule has 0 aliphatic rings. The minimum absolute atomic E-state index is 0.0555. The van der Waals surface area contributed by atoms with Crippen LogP contribution in [-0.4, -0.2) is 15.1 Å². The van der Waals surface area contributed by atoms with Crippen LogP contribution >= 0.6 is 15.9 Å². The molecular formula is C10H9BrN2O. The maximum Gasteiger partial charge on any atom is 0.232 e. The molecule has 0 atom stereocenters. The van der Waals surface area contributed by atoms with Crippen molar-refractivity contribution < 1.29 is 5.11 Å². The monoisotopic (exact) mass is 252 g/mol. The maximum atomic E-state index is 9.32. The van der Waals surface area contributed by atoms with E-state index in [1.165, 1.54) is 0 Å². The molecule has 0 radical (unpaired) electrons. The third kappa shape index (κ3) is 1.65. The molecule has 0 spiro atoms. The molecule has 0 saturated heterocycles. The smallest absolute Gasteiger partial charge is 0.232 e. The average Bonchev–Trinajstić information content (AvgIpc) is 2.47. The molecule has 0 aliphatic heterocycles. The molecule has 0 amide bonds. The Bertz CT molecular complexity index is 445. The van der Waals surface area contributed by atoms with Crippen LogP contribution in [0.1, 0.15) is 5.69 Å². The number of H-pyrrole nitrogens is 1. The number of imidazole rings is 1. The predicted molar refractivity (Wildman–Crippen MR) is 58.1 cm³/mol. The number of rotatable bonds is 1. The van der Waals surface area contributed by atoms with E-state index in [1.807, 2.05) is 24.3 Å². The fourth-order valence-corrected chi connectivity index (χ4v) is 1.62. The van der Waals surface area contributed by atoms with Gasteiger partial charge < -0.3 is 10.1 Å². The molecule has 2 aromatic rings. The summed E-state index contributed by atoms with van der Waals surface area (Å²) in [6.07, 6.45) is 0. The lowest BCUT2D eigenvalue weighted by Gasteiger charge is -1.96. The van der Waals surface area contributed by atoms with E-state index < -0.39 is 0 Å². The highest BCUT2D eigenvalue weighted by atomic mass is 79.9. The van der Waals surface area contributed by atoms with Gasteiger partial charge in [-0.15, -0.1) is 0 Å². The summed E-state index contributed by atoms with van der Waals surface area (Å²) >= 11 is 3.38. The predicted octanol–water partition coefficient (Wildman–Crippen LogP) is 2.85. The zero-order valence-corrected chi connectivity index (χ0v) is 9.17. The van der Waals surface area contributed by atoms with E-state index >= 15 is 0 Å². The SMILES string of the molecule is Cc1[nH]c(-c2cccc(Br)c2)nc1O. The Balaban J connectivity index is 2.49. The van der Waals surface area contributed by atoms with Crippen molar-refractivity contribution in [1.82, 2.24) is 9.97 Å². The number of aromatic hydroxyl groups is 1. The third-order valence-corrected chi connectivity index (χ3v) is 2.45. The van der Waals surface area contributed by atoms with E-state index in [4.69, 9.17) is 0 Å². The molecule has 1 heterocycles. The van der Waals surface area contributed by atoms with Gasteiger partial charge in [0.1, 0.15) is 5.82 Å². The molecule has 2 rings (SSSR count). The summed E-state index contributed by atoms with van der Waals surface area (Å²) in [6.45, 7) is 1.78. The zero-order chi connectivity index (χ0) is 10.1. The van der Waals surface area contributed by atoms with E-state index in [2.05, 4.69) is 25.9 Å².